The van der Waals surface area contributed by atoms with Gasteiger partial charge in [-0.2, -0.15) is 27.7 Å². The number of rotatable bonds is 4. The van der Waals surface area contributed by atoms with Crippen molar-refractivity contribution in [1.82, 2.24) is 29.3 Å². The summed E-state index contributed by atoms with van der Waals surface area (Å²) < 4.78 is 45.2. The monoisotopic (exact) mass is 515 g/mol. The van der Waals surface area contributed by atoms with E-state index in [1.54, 1.807) is 0 Å². The number of amides is 1. The highest BCUT2D eigenvalue weighted by atomic mass is 35.5. The maximum atomic E-state index is 13.8. The van der Waals surface area contributed by atoms with Gasteiger partial charge in [-0.3, -0.25) is 9.78 Å². The zero-order valence-electron chi connectivity index (χ0n) is 16.9. The van der Waals surface area contributed by atoms with Gasteiger partial charge in [-0.25, -0.2) is 4.98 Å². The van der Waals surface area contributed by atoms with Gasteiger partial charge in [-0.1, -0.05) is 37.0 Å². The van der Waals surface area contributed by atoms with E-state index in [-0.39, 0.29) is 27.2 Å². The molecule has 0 saturated heterocycles. The molecule has 0 unspecified atom stereocenters. The zero-order valence-corrected chi connectivity index (χ0v) is 19.3. The highest BCUT2D eigenvalue weighted by Crippen LogP contribution is 2.42. The summed E-state index contributed by atoms with van der Waals surface area (Å²) in [6, 6.07) is 4.17. The number of halogens is 5. The summed E-state index contributed by atoms with van der Waals surface area (Å²) in [7, 11) is 0. The molecule has 0 saturated carbocycles. The number of pyridine rings is 2. The summed E-state index contributed by atoms with van der Waals surface area (Å²) in [6.45, 7) is 4.00. The largest absolute Gasteiger partial charge is 0.420 e. The second kappa shape index (κ2) is 10.2. The maximum absolute atomic E-state index is 13.8. The zero-order chi connectivity index (χ0) is 24.2. The molecule has 1 amide bonds. The van der Waals surface area contributed by atoms with Gasteiger partial charge in [0.1, 0.15) is 21.8 Å². The minimum absolute atomic E-state index is 0.0240. The highest BCUT2D eigenvalue weighted by molar-refractivity contribution is 7.08. The number of anilines is 1. The van der Waals surface area contributed by atoms with Gasteiger partial charge >= 0.3 is 6.18 Å². The van der Waals surface area contributed by atoms with Gasteiger partial charge in [0.05, 0.1) is 34.3 Å². The lowest BCUT2D eigenvalue weighted by Gasteiger charge is -2.11. The van der Waals surface area contributed by atoms with Gasteiger partial charge in [0.2, 0.25) is 0 Å². The average Bonchev–Trinajstić information content (AvgIpc) is 3.46. The SMILES string of the molecule is CC.O=C(Nc1cnc(-n2nccn2)c(Cl)c1)c1snc(-c2ncccc2Cl)c1C(F)(F)F. The second-order valence-electron chi connectivity index (χ2n) is 5.87. The molecule has 0 aliphatic heterocycles. The van der Waals surface area contributed by atoms with Crippen LogP contribution in [0.25, 0.3) is 17.2 Å². The lowest BCUT2D eigenvalue weighted by molar-refractivity contribution is -0.137. The topological polar surface area (TPSA) is 98.5 Å². The van der Waals surface area contributed by atoms with Gasteiger partial charge in [0, 0.05) is 6.20 Å². The first-order valence-corrected chi connectivity index (χ1v) is 10.8. The molecule has 0 fully saturated rings. The molecule has 4 rings (SSSR count). The number of nitrogens with zero attached hydrogens (tertiary/aromatic N) is 6. The van der Waals surface area contributed by atoms with E-state index >= 15 is 0 Å². The summed E-state index contributed by atoms with van der Waals surface area (Å²) >= 11 is 12.5. The molecule has 4 heterocycles. The van der Waals surface area contributed by atoms with E-state index in [0.29, 0.717) is 11.5 Å². The van der Waals surface area contributed by atoms with E-state index < -0.39 is 28.2 Å². The van der Waals surface area contributed by atoms with Crippen molar-refractivity contribution in [2.45, 2.75) is 20.0 Å². The van der Waals surface area contributed by atoms with Crippen molar-refractivity contribution in [3.8, 4) is 17.2 Å². The van der Waals surface area contributed by atoms with Crippen molar-refractivity contribution in [3.63, 3.8) is 0 Å². The van der Waals surface area contributed by atoms with Crippen LogP contribution in [0.2, 0.25) is 10.0 Å². The first-order valence-electron chi connectivity index (χ1n) is 9.27. The molecular weight excluding hydrogens is 502 g/mol. The van der Waals surface area contributed by atoms with Crippen LogP contribution in [0.15, 0.2) is 43.0 Å². The molecule has 4 aromatic heterocycles. The van der Waals surface area contributed by atoms with E-state index in [2.05, 4.69) is 29.9 Å². The Labute approximate surface area is 199 Å². The number of carbonyl (C=O) groups excluding carboxylic acids is 1. The van der Waals surface area contributed by atoms with Crippen molar-refractivity contribution in [2.75, 3.05) is 5.32 Å². The van der Waals surface area contributed by atoms with Gasteiger partial charge in [-0.15, -0.1) is 4.80 Å². The fourth-order valence-electron chi connectivity index (χ4n) is 2.59. The smallest absolute Gasteiger partial charge is 0.320 e. The molecule has 0 radical (unpaired) electrons. The number of nitrogens with one attached hydrogen (secondary N) is 1. The van der Waals surface area contributed by atoms with Crippen LogP contribution in [0.4, 0.5) is 18.9 Å². The summed E-state index contributed by atoms with van der Waals surface area (Å²) in [4.78, 5) is 21.0. The standard InChI is InChI=1S/C17H8Cl2F3N7OS.C2H6/c18-9-2-1-3-23-12(9)13-11(17(20,21)22)14(31-28-13)16(30)27-8-6-10(19)15(24-7-8)29-25-4-5-26-29;1-2/h1-7H,(H,27,30);1-2H3. The molecule has 8 nitrogen and oxygen atoms in total. The average molecular weight is 516 g/mol. The molecule has 4 aromatic rings. The van der Waals surface area contributed by atoms with Crippen molar-refractivity contribution < 1.29 is 18.0 Å². The molecule has 0 atom stereocenters. The fourth-order valence-corrected chi connectivity index (χ4v) is 3.84. The Hall–Kier alpha value is -3.09. The van der Waals surface area contributed by atoms with Crippen molar-refractivity contribution >= 4 is 46.3 Å². The third-order valence-corrected chi connectivity index (χ3v) is 5.28. The first kappa shape index (κ1) is 24.6. The van der Waals surface area contributed by atoms with Gasteiger partial charge in [0.15, 0.2) is 5.82 Å². The molecule has 0 bridgehead atoms. The Morgan fingerprint density at radius 3 is 2.36 bits per heavy atom. The normalized spacial score (nSPS) is 11.0. The Morgan fingerprint density at radius 2 is 1.76 bits per heavy atom. The molecule has 0 aliphatic rings. The maximum Gasteiger partial charge on any atom is 0.420 e. The number of carbonyl (C=O) groups is 1. The van der Waals surface area contributed by atoms with E-state index in [1.807, 2.05) is 13.8 Å². The first-order chi connectivity index (χ1) is 15.8. The Morgan fingerprint density at radius 1 is 1.06 bits per heavy atom. The number of aromatic nitrogens is 6. The van der Waals surface area contributed by atoms with E-state index in [9.17, 15) is 18.0 Å². The molecule has 14 heteroatoms. The van der Waals surface area contributed by atoms with Crippen molar-refractivity contribution in [1.29, 1.82) is 0 Å². The number of hydrogen-bond donors (Lipinski definition) is 1. The molecule has 33 heavy (non-hydrogen) atoms. The Balaban J connectivity index is 0.00000149. The van der Waals surface area contributed by atoms with E-state index in [0.717, 1.165) is 4.80 Å². The highest BCUT2D eigenvalue weighted by Gasteiger charge is 2.42. The summed E-state index contributed by atoms with van der Waals surface area (Å²) in [5.41, 5.74) is -1.85. The van der Waals surface area contributed by atoms with Crippen LogP contribution >= 0.6 is 34.7 Å². The summed E-state index contributed by atoms with van der Waals surface area (Å²) in [5, 5.41) is 10.2. The van der Waals surface area contributed by atoms with Crippen LogP contribution in [-0.2, 0) is 6.18 Å². The van der Waals surface area contributed by atoms with Crippen LogP contribution in [0.5, 0.6) is 0 Å². The van der Waals surface area contributed by atoms with Crippen LogP contribution in [0, 0.1) is 0 Å². The molecule has 172 valence electrons. The third kappa shape index (κ3) is 5.29. The summed E-state index contributed by atoms with van der Waals surface area (Å²) in [5.74, 6) is -0.850. The summed E-state index contributed by atoms with van der Waals surface area (Å²) in [6.07, 6.45) is 0.460. The van der Waals surface area contributed by atoms with Crippen LogP contribution in [-0.4, -0.2) is 35.2 Å². The number of hydrogen-bond acceptors (Lipinski definition) is 7. The molecule has 0 spiro atoms. The van der Waals surface area contributed by atoms with Crippen LogP contribution < -0.4 is 5.32 Å². The van der Waals surface area contributed by atoms with Crippen LogP contribution in [0.3, 0.4) is 0 Å². The van der Waals surface area contributed by atoms with Gasteiger partial charge < -0.3 is 5.32 Å². The predicted molar refractivity (Wildman–Crippen MR) is 119 cm³/mol. The number of alkyl halides is 3. The molecule has 0 aromatic carbocycles. The second-order valence-corrected chi connectivity index (χ2v) is 7.46. The third-order valence-electron chi connectivity index (χ3n) is 3.85. The van der Waals surface area contributed by atoms with E-state index in [4.69, 9.17) is 23.2 Å². The van der Waals surface area contributed by atoms with E-state index in [1.165, 1.54) is 43.0 Å². The minimum Gasteiger partial charge on any atom is -0.320 e. The van der Waals surface area contributed by atoms with Gasteiger partial charge in [0.25, 0.3) is 5.91 Å². The molecule has 1 N–H and O–H groups in total. The lowest BCUT2D eigenvalue weighted by atomic mass is 10.1. The predicted octanol–water partition coefficient (Wildman–Crippen LogP) is 5.78. The lowest BCUT2D eigenvalue weighted by Crippen LogP contribution is -2.17. The fraction of sp³-hybridized carbons (Fsp3) is 0.158. The molecule has 0 aliphatic carbocycles. The Kier molecular flexibility index (Phi) is 7.61. The van der Waals surface area contributed by atoms with Crippen molar-refractivity contribution in [2.24, 2.45) is 0 Å². The molecular formula is C19H14Cl2F3N7OS. The van der Waals surface area contributed by atoms with Crippen LogP contribution in [0.1, 0.15) is 29.1 Å². The quantitative estimate of drug-likeness (QED) is 0.369. The van der Waals surface area contributed by atoms with Gasteiger partial charge in [-0.05, 0) is 29.7 Å². The Bertz CT molecular complexity index is 1260. The van der Waals surface area contributed by atoms with Crippen molar-refractivity contribution in [3.05, 3.63) is 63.5 Å². The minimum atomic E-state index is -4.87.